The minimum absolute atomic E-state index is 0. The van der Waals surface area contributed by atoms with E-state index in [1.807, 2.05) is 0 Å². The van der Waals surface area contributed by atoms with Crippen molar-refractivity contribution in [3.8, 4) is 0 Å². The summed E-state index contributed by atoms with van der Waals surface area (Å²) in [6.45, 7) is 4.19. The molecule has 2 aliphatic heterocycles. The molecule has 0 saturated carbocycles. The van der Waals surface area contributed by atoms with Crippen LogP contribution >= 0.6 is 12.4 Å². The van der Waals surface area contributed by atoms with Gasteiger partial charge in [0, 0.05) is 31.2 Å². The van der Waals surface area contributed by atoms with E-state index in [-0.39, 0.29) is 29.0 Å². The van der Waals surface area contributed by atoms with Gasteiger partial charge in [0.25, 0.3) is 5.69 Å². The molecule has 2 unspecified atom stereocenters. The Kier molecular flexibility index (Phi) is 5.54. The first-order chi connectivity index (χ1) is 10.8. The topological polar surface area (TPSA) is 92.5 Å². The predicted molar refractivity (Wildman–Crippen MR) is 93.1 cm³/mol. The largest absolute Gasteiger partial charge is 0.310 e. The molecule has 2 heterocycles. The molecule has 0 spiro atoms. The van der Waals surface area contributed by atoms with E-state index in [0.717, 1.165) is 24.8 Å². The van der Waals surface area contributed by atoms with Crippen molar-refractivity contribution in [3.63, 3.8) is 0 Å². The van der Waals surface area contributed by atoms with E-state index in [0.29, 0.717) is 24.7 Å². The van der Waals surface area contributed by atoms with Gasteiger partial charge in [-0.1, -0.05) is 6.07 Å². The number of sulfonamides is 1. The fourth-order valence-electron chi connectivity index (χ4n) is 3.50. The van der Waals surface area contributed by atoms with Gasteiger partial charge in [-0.25, -0.2) is 8.42 Å². The Morgan fingerprint density at radius 1 is 1.21 bits per heavy atom. The van der Waals surface area contributed by atoms with Gasteiger partial charge < -0.3 is 5.32 Å². The van der Waals surface area contributed by atoms with Crippen molar-refractivity contribution in [2.75, 3.05) is 13.1 Å². The highest BCUT2D eigenvalue weighted by Crippen LogP contribution is 2.33. The first-order valence-electron chi connectivity index (χ1n) is 7.81. The molecule has 9 heteroatoms. The molecule has 1 aromatic rings. The standard InChI is InChI=1S/C15H21N3O4S.ClH/c1-10-3-6-14(18(19)20)15(11(10)2)23(21,22)17-8-7-12-4-5-13(9-17)16-12;/h3,6,12-13,16H,4-5,7-9H2,1-2H3;1H. The number of aryl methyl sites for hydroxylation is 1. The fourth-order valence-corrected chi connectivity index (χ4v) is 5.44. The lowest BCUT2D eigenvalue weighted by Crippen LogP contribution is -2.39. The molecule has 7 nitrogen and oxygen atoms in total. The van der Waals surface area contributed by atoms with E-state index in [1.165, 1.54) is 10.4 Å². The van der Waals surface area contributed by atoms with Crippen LogP contribution in [-0.4, -0.2) is 42.8 Å². The Morgan fingerprint density at radius 2 is 1.88 bits per heavy atom. The van der Waals surface area contributed by atoms with E-state index in [2.05, 4.69) is 5.32 Å². The van der Waals surface area contributed by atoms with Crippen molar-refractivity contribution in [1.29, 1.82) is 0 Å². The fraction of sp³-hybridized carbons (Fsp3) is 0.600. The van der Waals surface area contributed by atoms with Crippen LogP contribution in [0, 0.1) is 24.0 Å². The summed E-state index contributed by atoms with van der Waals surface area (Å²) in [7, 11) is -3.88. The molecule has 2 fully saturated rings. The Bertz CT molecular complexity index is 753. The van der Waals surface area contributed by atoms with Crippen LogP contribution < -0.4 is 5.32 Å². The molecular weight excluding hydrogens is 354 g/mol. The van der Waals surface area contributed by atoms with E-state index >= 15 is 0 Å². The van der Waals surface area contributed by atoms with Gasteiger partial charge in [-0.05, 0) is 44.2 Å². The van der Waals surface area contributed by atoms with Gasteiger partial charge in [0.1, 0.15) is 0 Å². The summed E-state index contributed by atoms with van der Waals surface area (Å²) < 4.78 is 27.6. The zero-order valence-corrected chi connectivity index (χ0v) is 15.3. The lowest BCUT2D eigenvalue weighted by molar-refractivity contribution is -0.388. The highest BCUT2D eigenvalue weighted by atomic mass is 35.5. The van der Waals surface area contributed by atoms with Gasteiger partial charge in [0.15, 0.2) is 4.90 Å². The summed E-state index contributed by atoms with van der Waals surface area (Å²) in [5.41, 5.74) is 0.862. The molecule has 2 aliphatic rings. The summed E-state index contributed by atoms with van der Waals surface area (Å²) in [4.78, 5) is 10.6. The molecule has 3 rings (SSSR count). The maximum atomic E-state index is 13.1. The number of benzene rings is 1. The van der Waals surface area contributed by atoms with E-state index in [4.69, 9.17) is 0 Å². The van der Waals surface area contributed by atoms with Crippen LogP contribution in [0.3, 0.4) is 0 Å². The average molecular weight is 376 g/mol. The Morgan fingerprint density at radius 3 is 2.54 bits per heavy atom. The van der Waals surface area contributed by atoms with Crippen LogP contribution in [0.2, 0.25) is 0 Å². The van der Waals surface area contributed by atoms with Crippen molar-refractivity contribution in [2.24, 2.45) is 0 Å². The molecule has 24 heavy (non-hydrogen) atoms. The monoisotopic (exact) mass is 375 g/mol. The predicted octanol–water partition coefficient (Wildman–Crippen LogP) is 2.15. The minimum Gasteiger partial charge on any atom is -0.310 e. The highest BCUT2D eigenvalue weighted by molar-refractivity contribution is 7.89. The van der Waals surface area contributed by atoms with Crippen molar-refractivity contribution >= 4 is 28.1 Å². The number of rotatable bonds is 3. The van der Waals surface area contributed by atoms with Gasteiger partial charge in [-0.2, -0.15) is 4.31 Å². The maximum Gasteiger partial charge on any atom is 0.289 e. The second kappa shape index (κ2) is 6.95. The third-order valence-electron chi connectivity index (χ3n) is 4.94. The molecule has 0 amide bonds. The van der Waals surface area contributed by atoms with E-state index < -0.39 is 14.9 Å². The number of hydrogen-bond acceptors (Lipinski definition) is 5. The number of nitrogens with one attached hydrogen (secondary N) is 1. The number of fused-ring (bicyclic) bond motifs is 2. The number of nitrogens with zero attached hydrogens (tertiary/aromatic N) is 2. The van der Waals surface area contributed by atoms with Gasteiger partial charge in [-0.3, -0.25) is 10.1 Å². The molecule has 0 aliphatic carbocycles. The number of nitro groups is 1. The van der Waals surface area contributed by atoms with E-state index in [1.54, 1.807) is 19.9 Å². The number of hydrogen-bond donors (Lipinski definition) is 1. The van der Waals surface area contributed by atoms with Crippen molar-refractivity contribution < 1.29 is 13.3 Å². The van der Waals surface area contributed by atoms with Crippen LogP contribution in [-0.2, 0) is 10.0 Å². The molecule has 0 radical (unpaired) electrons. The maximum absolute atomic E-state index is 13.1. The normalized spacial score (nSPS) is 24.2. The molecular formula is C15H22ClN3O4S. The zero-order valence-electron chi connectivity index (χ0n) is 13.7. The second-order valence-corrected chi connectivity index (χ2v) is 8.28. The summed E-state index contributed by atoms with van der Waals surface area (Å²) in [5.74, 6) is 0. The Labute approximate surface area is 148 Å². The molecule has 2 bridgehead atoms. The van der Waals surface area contributed by atoms with Crippen LogP contribution in [0.5, 0.6) is 0 Å². The van der Waals surface area contributed by atoms with Gasteiger partial charge >= 0.3 is 0 Å². The van der Waals surface area contributed by atoms with Crippen LogP contribution in [0.1, 0.15) is 30.4 Å². The first-order valence-corrected chi connectivity index (χ1v) is 9.25. The third kappa shape index (κ3) is 3.28. The summed E-state index contributed by atoms with van der Waals surface area (Å²) in [5, 5.41) is 14.8. The van der Waals surface area contributed by atoms with E-state index in [9.17, 15) is 18.5 Å². The molecule has 134 valence electrons. The minimum atomic E-state index is -3.88. The van der Waals surface area contributed by atoms with Crippen LogP contribution in [0.15, 0.2) is 17.0 Å². The molecule has 1 aromatic carbocycles. The van der Waals surface area contributed by atoms with Crippen molar-refractivity contribution in [2.45, 2.75) is 50.1 Å². The Hall–Kier alpha value is -1.22. The Balaban J connectivity index is 0.00000208. The average Bonchev–Trinajstić information content (AvgIpc) is 2.79. The van der Waals surface area contributed by atoms with Crippen molar-refractivity contribution in [1.82, 2.24) is 9.62 Å². The van der Waals surface area contributed by atoms with Crippen molar-refractivity contribution in [3.05, 3.63) is 33.4 Å². The smallest absolute Gasteiger partial charge is 0.289 e. The lowest BCUT2D eigenvalue weighted by atomic mass is 10.1. The summed E-state index contributed by atoms with van der Waals surface area (Å²) in [6.07, 6.45) is 2.77. The van der Waals surface area contributed by atoms with Gasteiger partial charge in [-0.15, -0.1) is 12.4 Å². The highest BCUT2D eigenvalue weighted by Gasteiger charge is 2.38. The number of nitro benzene ring substituents is 1. The van der Waals surface area contributed by atoms with Crippen LogP contribution in [0.25, 0.3) is 0 Å². The quantitative estimate of drug-likeness (QED) is 0.645. The lowest BCUT2D eigenvalue weighted by Gasteiger charge is -2.24. The molecule has 0 aromatic heterocycles. The van der Waals surface area contributed by atoms with Gasteiger partial charge in [0.2, 0.25) is 10.0 Å². The molecule has 1 N–H and O–H groups in total. The van der Waals surface area contributed by atoms with Gasteiger partial charge in [0.05, 0.1) is 4.92 Å². The molecule has 2 atom stereocenters. The second-order valence-electron chi connectivity index (χ2n) is 6.40. The summed E-state index contributed by atoms with van der Waals surface area (Å²) >= 11 is 0. The third-order valence-corrected chi connectivity index (χ3v) is 6.98. The summed E-state index contributed by atoms with van der Waals surface area (Å²) in [6, 6.07) is 3.38. The molecule has 2 saturated heterocycles. The van der Waals surface area contributed by atoms with Crippen LogP contribution in [0.4, 0.5) is 5.69 Å². The number of halogens is 1. The zero-order chi connectivity index (χ0) is 16.8. The first kappa shape index (κ1) is 19.1. The SMILES string of the molecule is Cc1ccc([N+](=O)[O-])c(S(=O)(=O)N2CCC3CCC(C2)N3)c1C.Cl.